The second-order valence-electron chi connectivity index (χ2n) is 5.50. The van der Waals surface area contributed by atoms with Gasteiger partial charge in [-0.2, -0.15) is 0 Å². The molecule has 5 heteroatoms. The van der Waals surface area contributed by atoms with Gasteiger partial charge in [0.1, 0.15) is 17.3 Å². The third kappa shape index (κ3) is 3.30. The van der Waals surface area contributed by atoms with Crippen LogP contribution in [0.5, 0.6) is 5.75 Å². The highest BCUT2D eigenvalue weighted by Crippen LogP contribution is 2.15. The van der Waals surface area contributed by atoms with E-state index >= 15 is 0 Å². The molecule has 0 aliphatic carbocycles. The number of hydrogen-bond donors (Lipinski definition) is 0. The first-order valence-electron chi connectivity index (χ1n) is 6.31. The largest absolute Gasteiger partial charge is 0.422 e. The Bertz CT molecular complexity index is 624. The predicted molar refractivity (Wildman–Crippen MR) is 78.6 cm³/mol. The fourth-order valence-electron chi connectivity index (χ4n) is 1.81. The molecule has 0 radical (unpaired) electrons. The van der Waals surface area contributed by atoms with Gasteiger partial charge < -0.3 is 4.74 Å². The molecule has 0 spiro atoms. The summed E-state index contributed by atoms with van der Waals surface area (Å²) in [6.45, 7) is 6.18. The highest BCUT2D eigenvalue weighted by molar-refractivity contribution is 6.88. The van der Waals surface area contributed by atoms with Crippen LogP contribution in [0.3, 0.4) is 0 Å². The van der Waals surface area contributed by atoms with E-state index in [4.69, 9.17) is 4.74 Å². The molecule has 20 heavy (non-hydrogen) atoms. The summed E-state index contributed by atoms with van der Waals surface area (Å²) in [4.78, 5) is 15.7. The van der Waals surface area contributed by atoms with E-state index in [9.17, 15) is 9.18 Å². The van der Waals surface area contributed by atoms with Gasteiger partial charge in [0.2, 0.25) is 0 Å². The number of pyridine rings is 1. The van der Waals surface area contributed by atoms with Gasteiger partial charge in [0.25, 0.3) is 0 Å². The summed E-state index contributed by atoms with van der Waals surface area (Å²) in [6.07, 6.45) is 1.51. The Hall–Kier alpha value is -2.01. The molecule has 0 fully saturated rings. The summed E-state index contributed by atoms with van der Waals surface area (Å²) >= 11 is 0. The van der Waals surface area contributed by atoms with Gasteiger partial charge in [-0.15, -0.1) is 0 Å². The molecular formula is C15H16FNO2Si. The van der Waals surface area contributed by atoms with Crippen molar-refractivity contribution in [2.24, 2.45) is 0 Å². The second-order valence-corrected chi connectivity index (χ2v) is 10.5. The third-order valence-corrected chi connectivity index (χ3v) is 4.85. The molecule has 0 unspecified atom stereocenters. The number of rotatable bonds is 3. The Labute approximate surface area is 118 Å². The molecule has 0 atom stereocenters. The highest BCUT2D eigenvalue weighted by atomic mass is 28.3. The minimum atomic E-state index is -1.73. The zero-order valence-electron chi connectivity index (χ0n) is 11.7. The normalized spacial score (nSPS) is 11.2. The van der Waals surface area contributed by atoms with Gasteiger partial charge in [-0.05, 0) is 23.4 Å². The number of halogens is 1. The Kier molecular flexibility index (Phi) is 3.99. The van der Waals surface area contributed by atoms with E-state index in [0.717, 1.165) is 5.19 Å². The average molecular weight is 289 g/mol. The molecule has 0 saturated carbocycles. The van der Waals surface area contributed by atoms with Crippen molar-refractivity contribution >= 4 is 19.2 Å². The Morgan fingerprint density at radius 2 is 1.95 bits per heavy atom. The van der Waals surface area contributed by atoms with Crippen LogP contribution in [-0.2, 0) is 0 Å². The highest BCUT2D eigenvalue weighted by Gasteiger charge is 2.21. The van der Waals surface area contributed by atoms with E-state index in [1.807, 2.05) is 0 Å². The van der Waals surface area contributed by atoms with Gasteiger partial charge in [0.15, 0.2) is 0 Å². The second kappa shape index (κ2) is 5.54. The Balaban J connectivity index is 2.20. The zero-order valence-corrected chi connectivity index (χ0v) is 12.7. The van der Waals surface area contributed by atoms with E-state index in [2.05, 4.69) is 24.6 Å². The predicted octanol–water partition coefficient (Wildman–Crippen LogP) is 2.99. The van der Waals surface area contributed by atoms with E-state index in [-0.39, 0.29) is 17.3 Å². The molecule has 1 heterocycles. The van der Waals surface area contributed by atoms with Crippen molar-refractivity contribution in [3.63, 3.8) is 0 Å². The van der Waals surface area contributed by atoms with Crippen LogP contribution in [0.25, 0.3) is 0 Å². The molecule has 104 valence electrons. The van der Waals surface area contributed by atoms with E-state index in [1.165, 1.54) is 12.3 Å². The SMILES string of the molecule is C[Si](C)(C)c1ccc(OC(=O)c2ccccn2)cc1F. The number of nitrogens with zero attached hydrogens (tertiary/aromatic N) is 1. The van der Waals surface area contributed by atoms with Crippen molar-refractivity contribution < 1.29 is 13.9 Å². The molecular weight excluding hydrogens is 273 g/mol. The first-order valence-corrected chi connectivity index (χ1v) is 9.81. The minimum Gasteiger partial charge on any atom is -0.422 e. The van der Waals surface area contributed by atoms with E-state index in [0.29, 0.717) is 0 Å². The molecule has 2 rings (SSSR count). The first kappa shape index (κ1) is 14.4. The maximum Gasteiger partial charge on any atom is 0.362 e. The Morgan fingerprint density at radius 3 is 2.50 bits per heavy atom. The molecule has 2 aromatic rings. The molecule has 0 N–H and O–H groups in total. The van der Waals surface area contributed by atoms with Crippen molar-refractivity contribution in [3.8, 4) is 5.75 Å². The lowest BCUT2D eigenvalue weighted by atomic mass is 10.3. The number of hydrogen-bond acceptors (Lipinski definition) is 3. The maximum absolute atomic E-state index is 14.0. The topological polar surface area (TPSA) is 39.2 Å². The first-order chi connectivity index (χ1) is 9.38. The lowest BCUT2D eigenvalue weighted by Gasteiger charge is -2.17. The fourth-order valence-corrected chi connectivity index (χ4v) is 3.18. The molecule has 3 nitrogen and oxygen atoms in total. The number of esters is 1. The summed E-state index contributed by atoms with van der Waals surface area (Å²) in [5.74, 6) is -0.721. The molecule has 1 aromatic heterocycles. The van der Waals surface area contributed by atoms with Crippen molar-refractivity contribution in [3.05, 3.63) is 54.1 Å². The summed E-state index contributed by atoms with van der Waals surface area (Å²) < 4.78 is 19.1. The smallest absolute Gasteiger partial charge is 0.362 e. The third-order valence-electron chi connectivity index (χ3n) is 2.83. The number of carbonyl (C=O) groups is 1. The summed E-state index contributed by atoms with van der Waals surface area (Å²) in [6, 6.07) is 9.53. The number of ether oxygens (including phenoxy) is 1. The molecule has 0 saturated heterocycles. The van der Waals surface area contributed by atoms with Crippen molar-refractivity contribution in [1.29, 1.82) is 0 Å². The van der Waals surface area contributed by atoms with Crippen LogP contribution in [-0.4, -0.2) is 19.0 Å². The fraction of sp³-hybridized carbons (Fsp3) is 0.200. The average Bonchev–Trinajstić information content (AvgIpc) is 2.38. The molecule has 0 aliphatic heterocycles. The van der Waals surface area contributed by atoms with Gasteiger partial charge in [0.05, 0.1) is 8.07 Å². The molecule has 0 amide bonds. The lowest BCUT2D eigenvalue weighted by Crippen LogP contribution is -2.39. The minimum absolute atomic E-state index is 0.195. The zero-order chi connectivity index (χ0) is 14.8. The van der Waals surface area contributed by atoms with Crippen LogP contribution in [0.15, 0.2) is 42.6 Å². The van der Waals surface area contributed by atoms with Crippen LogP contribution in [0.2, 0.25) is 19.6 Å². The molecule has 1 aromatic carbocycles. The molecule has 0 bridgehead atoms. The monoisotopic (exact) mass is 289 g/mol. The van der Waals surface area contributed by atoms with E-state index < -0.39 is 14.0 Å². The van der Waals surface area contributed by atoms with Crippen molar-refractivity contribution in [2.75, 3.05) is 0 Å². The summed E-state index contributed by atoms with van der Waals surface area (Å²) in [7, 11) is -1.73. The van der Waals surface area contributed by atoms with Gasteiger partial charge in [0, 0.05) is 12.3 Å². The van der Waals surface area contributed by atoms with Crippen molar-refractivity contribution in [1.82, 2.24) is 4.98 Å². The lowest BCUT2D eigenvalue weighted by molar-refractivity contribution is 0.0728. The van der Waals surface area contributed by atoms with Crippen LogP contribution < -0.4 is 9.92 Å². The molecule has 0 aliphatic rings. The van der Waals surface area contributed by atoms with Gasteiger partial charge in [-0.3, -0.25) is 0 Å². The van der Waals surface area contributed by atoms with Crippen molar-refractivity contribution in [2.45, 2.75) is 19.6 Å². The summed E-state index contributed by atoms with van der Waals surface area (Å²) in [5.41, 5.74) is 0.196. The number of aromatic nitrogens is 1. The van der Waals surface area contributed by atoms with Gasteiger partial charge >= 0.3 is 5.97 Å². The quantitative estimate of drug-likeness (QED) is 0.495. The summed E-state index contributed by atoms with van der Waals surface area (Å²) in [5, 5.41) is 0.718. The van der Waals surface area contributed by atoms with Crippen LogP contribution in [0, 0.1) is 5.82 Å². The maximum atomic E-state index is 14.0. The Morgan fingerprint density at radius 1 is 1.20 bits per heavy atom. The number of benzene rings is 1. The van der Waals surface area contributed by atoms with Gasteiger partial charge in [-0.25, -0.2) is 14.2 Å². The van der Waals surface area contributed by atoms with Crippen LogP contribution >= 0.6 is 0 Å². The standard InChI is InChI=1S/C15H16FNO2Si/c1-20(2,3)14-8-7-11(10-12(14)16)19-15(18)13-6-4-5-9-17-13/h4-10H,1-3H3. The van der Waals surface area contributed by atoms with Gasteiger partial charge in [-0.1, -0.05) is 31.8 Å². The van der Waals surface area contributed by atoms with Crippen LogP contribution in [0.1, 0.15) is 10.5 Å². The van der Waals surface area contributed by atoms with E-state index in [1.54, 1.807) is 30.3 Å². The van der Waals surface area contributed by atoms with Crippen LogP contribution in [0.4, 0.5) is 4.39 Å². The number of carbonyl (C=O) groups excluding carboxylic acids is 1.